The van der Waals surface area contributed by atoms with Crippen LogP contribution < -0.4 is 5.56 Å². The minimum atomic E-state index is -0.272. The van der Waals surface area contributed by atoms with Gasteiger partial charge in [0.15, 0.2) is 5.69 Å². The number of nitrogens with zero attached hydrogens (tertiary/aromatic N) is 3. The highest BCUT2D eigenvalue weighted by atomic mass is 16.1. The van der Waals surface area contributed by atoms with Crippen molar-refractivity contribution in [1.29, 1.82) is 10.8 Å². The van der Waals surface area contributed by atoms with E-state index in [0.717, 1.165) is 30.8 Å². The molecule has 0 saturated heterocycles. The summed E-state index contributed by atoms with van der Waals surface area (Å²) >= 11 is 0. The molecule has 1 atom stereocenters. The van der Waals surface area contributed by atoms with E-state index < -0.39 is 0 Å². The lowest BCUT2D eigenvalue weighted by Gasteiger charge is -2.20. The molecule has 2 aliphatic rings. The summed E-state index contributed by atoms with van der Waals surface area (Å²) in [5, 5.41) is 16.1. The molecule has 1 unspecified atom stereocenters. The molecule has 6 heteroatoms. The van der Waals surface area contributed by atoms with Crippen molar-refractivity contribution in [3.8, 4) is 0 Å². The first-order valence-corrected chi connectivity index (χ1v) is 7.16. The fourth-order valence-electron chi connectivity index (χ4n) is 2.98. The third-order valence-corrected chi connectivity index (χ3v) is 4.35. The van der Waals surface area contributed by atoms with Gasteiger partial charge in [0.25, 0.3) is 5.56 Å². The lowest BCUT2D eigenvalue weighted by Crippen LogP contribution is -2.31. The molecule has 0 saturated carbocycles. The summed E-state index contributed by atoms with van der Waals surface area (Å²) < 4.78 is 3.69. The molecule has 0 bridgehead atoms. The molecular weight excluding hydrogens is 266 g/mol. The number of rotatable bonds is 1. The van der Waals surface area contributed by atoms with Crippen LogP contribution in [0.4, 0.5) is 5.69 Å². The Balaban J connectivity index is 2.14. The van der Waals surface area contributed by atoms with Crippen molar-refractivity contribution in [2.45, 2.75) is 40.3 Å². The van der Waals surface area contributed by atoms with Crippen molar-refractivity contribution in [2.24, 2.45) is 10.9 Å². The number of aromatic nitrogens is 2. The molecule has 0 fully saturated rings. The second kappa shape index (κ2) is 4.65. The maximum atomic E-state index is 12.4. The maximum Gasteiger partial charge on any atom is 0.292 e. The number of hydrogen-bond acceptors (Lipinski definition) is 4. The highest BCUT2D eigenvalue weighted by molar-refractivity contribution is 6.52. The van der Waals surface area contributed by atoms with Crippen molar-refractivity contribution >= 4 is 22.8 Å². The van der Waals surface area contributed by atoms with Crippen molar-refractivity contribution in [3.05, 3.63) is 27.7 Å². The summed E-state index contributed by atoms with van der Waals surface area (Å²) in [5.41, 5.74) is 3.27. The topological polar surface area (TPSA) is 87.0 Å². The largest absolute Gasteiger partial charge is 0.304 e. The molecule has 6 nitrogen and oxygen atoms in total. The van der Waals surface area contributed by atoms with E-state index in [1.54, 1.807) is 10.8 Å². The lowest BCUT2D eigenvalue weighted by atomic mass is 9.86. The SMILES string of the molecule is CC1=CC(=Nc2c(C)n3n(c2=O)CCC3)C(=N)C(C)C1=N. The van der Waals surface area contributed by atoms with Gasteiger partial charge in [0.1, 0.15) is 0 Å². The van der Waals surface area contributed by atoms with E-state index in [2.05, 4.69) is 4.99 Å². The number of allylic oxidation sites excluding steroid dienone is 2. The summed E-state index contributed by atoms with van der Waals surface area (Å²) in [4.78, 5) is 16.9. The normalized spacial score (nSPS) is 23.7. The fraction of sp³-hybridized carbons (Fsp3) is 0.467. The van der Waals surface area contributed by atoms with E-state index >= 15 is 0 Å². The molecule has 0 spiro atoms. The zero-order valence-electron chi connectivity index (χ0n) is 12.5. The van der Waals surface area contributed by atoms with Crippen molar-refractivity contribution in [1.82, 2.24) is 9.36 Å². The predicted molar refractivity (Wildman–Crippen MR) is 83.5 cm³/mol. The minimum Gasteiger partial charge on any atom is -0.304 e. The van der Waals surface area contributed by atoms with E-state index in [4.69, 9.17) is 10.8 Å². The van der Waals surface area contributed by atoms with Crippen LogP contribution >= 0.6 is 0 Å². The van der Waals surface area contributed by atoms with E-state index in [1.807, 2.05) is 25.5 Å². The van der Waals surface area contributed by atoms with Gasteiger partial charge in [-0.1, -0.05) is 6.92 Å². The minimum absolute atomic E-state index is 0.0790. The molecular formula is C15H19N5O. The first-order valence-electron chi connectivity index (χ1n) is 7.16. The summed E-state index contributed by atoms with van der Waals surface area (Å²) in [6.45, 7) is 7.16. The van der Waals surface area contributed by atoms with Crippen LogP contribution in [0.5, 0.6) is 0 Å². The van der Waals surface area contributed by atoms with Gasteiger partial charge in [0.2, 0.25) is 0 Å². The number of fused-ring (bicyclic) bond motifs is 1. The molecule has 2 N–H and O–H groups in total. The van der Waals surface area contributed by atoms with Crippen molar-refractivity contribution in [2.75, 3.05) is 0 Å². The molecule has 3 rings (SSSR count). The summed E-state index contributed by atoms with van der Waals surface area (Å²) in [7, 11) is 0. The molecule has 2 heterocycles. The van der Waals surface area contributed by atoms with Gasteiger partial charge in [0.05, 0.1) is 17.1 Å². The molecule has 0 aromatic carbocycles. The van der Waals surface area contributed by atoms with Gasteiger partial charge in [-0.3, -0.25) is 9.48 Å². The third kappa shape index (κ3) is 1.93. The third-order valence-electron chi connectivity index (χ3n) is 4.35. The molecule has 21 heavy (non-hydrogen) atoms. The van der Waals surface area contributed by atoms with Gasteiger partial charge >= 0.3 is 0 Å². The molecule has 1 aliphatic carbocycles. The predicted octanol–water partition coefficient (Wildman–Crippen LogP) is 2.07. The molecule has 1 aromatic heterocycles. The van der Waals surface area contributed by atoms with Gasteiger partial charge < -0.3 is 10.8 Å². The van der Waals surface area contributed by atoms with Crippen LogP contribution in [0.15, 0.2) is 21.4 Å². The zero-order chi connectivity index (χ0) is 15.3. The monoisotopic (exact) mass is 285 g/mol. The molecule has 1 aliphatic heterocycles. The van der Waals surface area contributed by atoms with Gasteiger partial charge in [-0.2, -0.15) is 0 Å². The van der Waals surface area contributed by atoms with Crippen LogP contribution in [0, 0.1) is 23.7 Å². The van der Waals surface area contributed by atoms with Crippen LogP contribution in [-0.2, 0) is 13.1 Å². The highest BCUT2D eigenvalue weighted by Gasteiger charge is 2.26. The first-order chi connectivity index (χ1) is 9.91. The Kier molecular flexibility index (Phi) is 3.04. The van der Waals surface area contributed by atoms with Gasteiger partial charge in [0, 0.05) is 24.7 Å². The quantitative estimate of drug-likeness (QED) is 0.813. The fourth-order valence-corrected chi connectivity index (χ4v) is 2.98. The summed E-state index contributed by atoms with van der Waals surface area (Å²) in [6, 6.07) is 0. The zero-order valence-corrected chi connectivity index (χ0v) is 12.5. The average molecular weight is 285 g/mol. The second-order valence-electron chi connectivity index (χ2n) is 5.71. The van der Waals surface area contributed by atoms with E-state index in [9.17, 15) is 4.79 Å². The number of hydrogen-bond donors (Lipinski definition) is 2. The Hall–Kier alpha value is -2.24. The van der Waals surface area contributed by atoms with Crippen LogP contribution in [0.3, 0.4) is 0 Å². The van der Waals surface area contributed by atoms with Crippen LogP contribution in [0.1, 0.15) is 26.0 Å². The Labute approximate surface area is 122 Å². The van der Waals surface area contributed by atoms with Gasteiger partial charge in [-0.05, 0) is 31.9 Å². The Bertz CT molecular complexity index is 775. The van der Waals surface area contributed by atoms with Crippen LogP contribution in [0.2, 0.25) is 0 Å². The lowest BCUT2D eigenvalue weighted by molar-refractivity contribution is 0.582. The number of aliphatic imine (C=N–C) groups is 1. The Morgan fingerprint density at radius 2 is 1.86 bits per heavy atom. The Morgan fingerprint density at radius 3 is 2.52 bits per heavy atom. The second-order valence-corrected chi connectivity index (χ2v) is 5.71. The smallest absolute Gasteiger partial charge is 0.292 e. The standard InChI is InChI=1S/C15H19N5O/c1-8-7-11(13(17)9(2)12(8)16)18-14-10(3)19-5-4-6-20(19)15(14)21/h7,9,16-17H,4-6H2,1-3H3. The maximum absolute atomic E-state index is 12.4. The van der Waals surface area contributed by atoms with Crippen molar-refractivity contribution in [3.63, 3.8) is 0 Å². The van der Waals surface area contributed by atoms with Gasteiger partial charge in [-0.15, -0.1) is 0 Å². The van der Waals surface area contributed by atoms with Crippen LogP contribution in [-0.4, -0.2) is 26.5 Å². The molecule has 0 radical (unpaired) electrons. The molecule has 0 amide bonds. The molecule has 110 valence electrons. The molecule has 1 aromatic rings. The Morgan fingerprint density at radius 1 is 1.19 bits per heavy atom. The number of nitrogens with one attached hydrogen (secondary N) is 2. The van der Waals surface area contributed by atoms with E-state index in [1.165, 1.54) is 0 Å². The summed E-state index contributed by atoms with van der Waals surface area (Å²) in [6.07, 6.45) is 2.72. The first kappa shape index (κ1) is 13.7. The average Bonchev–Trinajstić information content (AvgIpc) is 3.02. The highest BCUT2D eigenvalue weighted by Crippen LogP contribution is 2.22. The summed E-state index contributed by atoms with van der Waals surface area (Å²) in [5.74, 6) is -0.272. The van der Waals surface area contributed by atoms with E-state index in [0.29, 0.717) is 22.8 Å². The van der Waals surface area contributed by atoms with Gasteiger partial charge in [-0.25, -0.2) is 9.67 Å². The van der Waals surface area contributed by atoms with Crippen LogP contribution in [0.25, 0.3) is 0 Å². The van der Waals surface area contributed by atoms with E-state index in [-0.39, 0.29) is 11.5 Å². The van der Waals surface area contributed by atoms with Crippen molar-refractivity contribution < 1.29 is 0 Å².